The molecule has 14 rings (SSSR count). The molecule has 12 aromatic carbocycles. The van der Waals surface area contributed by atoms with Crippen LogP contribution in [-0.4, -0.2) is 4.57 Å². The van der Waals surface area contributed by atoms with Gasteiger partial charge in [0.2, 0.25) is 0 Å². The van der Waals surface area contributed by atoms with Crippen molar-refractivity contribution in [1.82, 2.24) is 4.57 Å². The lowest BCUT2D eigenvalue weighted by Gasteiger charge is -2.28. The van der Waals surface area contributed by atoms with Crippen molar-refractivity contribution in [3.05, 3.63) is 255 Å². The van der Waals surface area contributed by atoms with E-state index < -0.39 is 0 Å². The predicted molar refractivity (Wildman–Crippen MR) is 297 cm³/mol. The highest BCUT2D eigenvalue weighted by Gasteiger charge is 2.20. The predicted octanol–water partition coefficient (Wildman–Crippen LogP) is 19.1. The molecule has 0 N–H and O–H groups in total. The smallest absolute Gasteiger partial charge is 0.0541 e. The van der Waals surface area contributed by atoms with Crippen molar-refractivity contribution in [3.63, 3.8) is 0 Å². The molecule has 2 aromatic heterocycles. The summed E-state index contributed by atoms with van der Waals surface area (Å²) in [5.74, 6) is 0. The second-order valence-electron chi connectivity index (χ2n) is 18.0. The van der Waals surface area contributed by atoms with Crippen LogP contribution in [-0.2, 0) is 0 Å². The molecule has 0 amide bonds. The number of nitrogens with zero attached hydrogens (tertiary/aromatic N) is 2. The Morgan fingerprint density at radius 3 is 1.57 bits per heavy atom. The second kappa shape index (κ2) is 16.0. The normalized spacial score (nSPS) is 11.8. The van der Waals surface area contributed by atoms with Crippen molar-refractivity contribution in [2.45, 2.75) is 0 Å². The number of fused-ring (bicyclic) bond motifs is 11. The minimum Gasteiger partial charge on any atom is -0.310 e. The highest BCUT2D eigenvalue weighted by atomic mass is 32.1. The third-order valence-electron chi connectivity index (χ3n) is 14.2. The highest BCUT2D eigenvalue weighted by molar-refractivity contribution is 7.27. The van der Waals surface area contributed by atoms with Crippen LogP contribution in [0.5, 0.6) is 0 Å². The van der Waals surface area contributed by atoms with Crippen LogP contribution in [0.2, 0.25) is 0 Å². The van der Waals surface area contributed by atoms with Gasteiger partial charge in [-0.05, 0) is 121 Å². The average molecular weight is 895 g/mol. The van der Waals surface area contributed by atoms with E-state index in [-0.39, 0.29) is 0 Å². The molecule has 0 saturated heterocycles. The second-order valence-corrected chi connectivity index (χ2v) is 19.1. The SMILES string of the molecule is c1cc(-c2ccc(N(c3ccc(-c4cccc5c4sc4c6ccccc6ccc54)cc3)c3ccccc3-c3ccc4ccc5ccccc5c4c3)cc2)cc(-n2c3ccccc3c3ccccc32)c1. The molecule has 0 aliphatic rings. The van der Waals surface area contributed by atoms with Crippen LogP contribution >= 0.6 is 11.3 Å². The molecule has 0 aliphatic carbocycles. The molecule has 2 heterocycles. The summed E-state index contributed by atoms with van der Waals surface area (Å²) >= 11 is 1.91. The van der Waals surface area contributed by atoms with Gasteiger partial charge in [0.05, 0.1) is 16.7 Å². The Morgan fingerprint density at radius 1 is 0.290 bits per heavy atom. The fraction of sp³-hybridized carbons (Fsp3) is 0. The molecule has 14 aromatic rings. The van der Waals surface area contributed by atoms with Crippen molar-refractivity contribution in [1.29, 1.82) is 0 Å². The molecule has 0 bridgehead atoms. The first-order valence-electron chi connectivity index (χ1n) is 23.7. The van der Waals surface area contributed by atoms with E-state index in [0.29, 0.717) is 0 Å². The van der Waals surface area contributed by atoms with Crippen LogP contribution in [0.25, 0.3) is 113 Å². The van der Waals surface area contributed by atoms with Crippen molar-refractivity contribution >= 4 is 103 Å². The van der Waals surface area contributed by atoms with E-state index in [1.807, 2.05) is 11.3 Å². The van der Waals surface area contributed by atoms with E-state index in [4.69, 9.17) is 0 Å². The van der Waals surface area contributed by atoms with Gasteiger partial charge in [0.1, 0.15) is 0 Å². The van der Waals surface area contributed by atoms with Crippen molar-refractivity contribution in [2.75, 3.05) is 4.90 Å². The summed E-state index contributed by atoms with van der Waals surface area (Å²) in [6.45, 7) is 0. The Balaban J connectivity index is 0.896. The van der Waals surface area contributed by atoms with Crippen LogP contribution in [0.1, 0.15) is 0 Å². The summed E-state index contributed by atoms with van der Waals surface area (Å²) in [4.78, 5) is 2.43. The highest BCUT2D eigenvalue weighted by Crippen LogP contribution is 2.46. The Kier molecular flexibility index (Phi) is 9.11. The number of aromatic nitrogens is 1. The molecule has 3 heteroatoms. The number of rotatable bonds is 7. The zero-order valence-corrected chi connectivity index (χ0v) is 38.4. The number of thiophene rings is 1. The molecule has 0 spiro atoms. The lowest BCUT2D eigenvalue weighted by molar-refractivity contribution is 1.18. The van der Waals surface area contributed by atoms with Crippen molar-refractivity contribution in [3.8, 4) is 39.1 Å². The molecule has 0 radical (unpaired) electrons. The lowest BCUT2D eigenvalue weighted by atomic mass is 9.95. The first kappa shape index (κ1) is 39.4. The summed E-state index contributed by atoms with van der Waals surface area (Å²) in [7, 11) is 0. The monoisotopic (exact) mass is 894 g/mol. The van der Waals surface area contributed by atoms with Gasteiger partial charge < -0.3 is 9.47 Å². The topological polar surface area (TPSA) is 8.17 Å². The van der Waals surface area contributed by atoms with Crippen LogP contribution in [0.15, 0.2) is 255 Å². The van der Waals surface area contributed by atoms with E-state index in [1.54, 1.807) is 0 Å². The summed E-state index contributed by atoms with van der Waals surface area (Å²) in [5, 5.41) is 12.8. The van der Waals surface area contributed by atoms with Gasteiger partial charge in [0.25, 0.3) is 0 Å². The molecule has 0 aliphatic heterocycles. The van der Waals surface area contributed by atoms with Gasteiger partial charge in [0.15, 0.2) is 0 Å². The molecule has 0 unspecified atom stereocenters. The number of hydrogen-bond acceptors (Lipinski definition) is 2. The van der Waals surface area contributed by atoms with Crippen LogP contribution in [0, 0.1) is 0 Å². The Bertz CT molecular complexity index is 4260. The zero-order valence-electron chi connectivity index (χ0n) is 37.6. The summed E-state index contributed by atoms with van der Waals surface area (Å²) in [6.07, 6.45) is 0. The average Bonchev–Trinajstić information content (AvgIpc) is 3.98. The van der Waals surface area contributed by atoms with Crippen LogP contribution in [0.3, 0.4) is 0 Å². The van der Waals surface area contributed by atoms with E-state index in [0.717, 1.165) is 28.3 Å². The minimum atomic E-state index is 1.09. The van der Waals surface area contributed by atoms with Gasteiger partial charge in [-0.1, -0.05) is 194 Å². The number of anilines is 3. The molecule has 0 saturated carbocycles. The van der Waals surface area contributed by atoms with Crippen LogP contribution < -0.4 is 4.90 Å². The Morgan fingerprint density at radius 2 is 0.812 bits per heavy atom. The van der Waals surface area contributed by atoms with Gasteiger partial charge in [-0.15, -0.1) is 11.3 Å². The van der Waals surface area contributed by atoms with E-state index in [1.165, 1.54) is 102 Å². The maximum absolute atomic E-state index is 2.43. The largest absolute Gasteiger partial charge is 0.310 e. The van der Waals surface area contributed by atoms with E-state index >= 15 is 0 Å². The van der Waals surface area contributed by atoms with Crippen molar-refractivity contribution in [2.24, 2.45) is 0 Å². The third-order valence-corrected chi connectivity index (χ3v) is 15.5. The van der Waals surface area contributed by atoms with E-state index in [2.05, 4.69) is 264 Å². The third kappa shape index (κ3) is 6.47. The summed E-state index contributed by atoms with van der Waals surface area (Å²) in [6, 6.07) is 93.7. The fourth-order valence-electron chi connectivity index (χ4n) is 10.9. The standard InChI is InChI=1S/C66H42N2S/c1-3-17-53-44(13-1)27-28-47-29-30-49(42-61(47)53)54-18-5-8-24-62(54)67(51-38-33-46(34-39-51)56-22-12-23-59-60-40-35-45-14-2-4-19-55(45)66(60)69-65(56)59)50-36-31-43(32-37-50)48-15-11-16-52(41-48)68-63-25-9-6-20-57(63)58-21-7-10-26-64(58)68/h1-42H. The van der Waals surface area contributed by atoms with Crippen molar-refractivity contribution < 1.29 is 0 Å². The maximum atomic E-state index is 2.43. The van der Waals surface area contributed by atoms with Gasteiger partial charge >= 0.3 is 0 Å². The molecule has 0 fully saturated rings. The van der Waals surface area contributed by atoms with Gasteiger partial charge in [-0.25, -0.2) is 0 Å². The lowest BCUT2D eigenvalue weighted by Crippen LogP contribution is -2.11. The minimum absolute atomic E-state index is 1.09. The maximum Gasteiger partial charge on any atom is 0.0541 e. The fourth-order valence-corrected chi connectivity index (χ4v) is 12.3. The van der Waals surface area contributed by atoms with Gasteiger partial charge in [-0.3, -0.25) is 0 Å². The van der Waals surface area contributed by atoms with E-state index in [9.17, 15) is 0 Å². The van der Waals surface area contributed by atoms with Gasteiger partial charge in [-0.2, -0.15) is 0 Å². The molecule has 2 nitrogen and oxygen atoms in total. The summed E-state index contributed by atoms with van der Waals surface area (Å²) < 4.78 is 5.06. The molecule has 0 atom stereocenters. The molecule has 69 heavy (non-hydrogen) atoms. The first-order chi connectivity index (χ1) is 34.2. The Labute approximate surface area is 403 Å². The van der Waals surface area contributed by atoms with Crippen LogP contribution in [0.4, 0.5) is 17.1 Å². The molecule has 322 valence electrons. The molecular formula is C66H42N2S. The number of para-hydroxylation sites is 3. The zero-order chi connectivity index (χ0) is 45.4. The number of benzene rings is 12. The summed E-state index contributed by atoms with van der Waals surface area (Å²) in [5.41, 5.74) is 14.0. The quantitative estimate of drug-likeness (QED) is 0.145. The first-order valence-corrected chi connectivity index (χ1v) is 24.5. The molecular weight excluding hydrogens is 853 g/mol. The number of hydrogen-bond donors (Lipinski definition) is 0. The Hall–Kier alpha value is -8.76. The van der Waals surface area contributed by atoms with Gasteiger partial charge in [0, 0.05) is 53.6 Å².